The van der Waals surface area contributed by atoms with E-state index in [0.717, 1.165) is 28.1 Å². The van der Waals surface area contributed by atoms with Gasteiger partial charge in [-0.05, 0) is 54.6 Å². The normalized spacial score (nSPS) is 11.8. The van der Waals surface area contributed by atoms with E-state index in [-0.39, 0.29) is 16.8 Å². The van der Waals surface area contributed by atoms with Crippen LogP contribution in [0.1, 0.15) is 22.8 Å². The quantitative estimate of drug-likeness (QED) is 0.407. The van der Waals surface area contributed by atoms with E-state index in [1.165, 1.54) is 0 Å². The molecule has 0 amide bonds. The summed E-state index contributed by atoms with van der Waals surface area (Å²) in [6.45, 7) is 0. The third-order valence-electron chi connectivity index (χ3n) is 5.29. The molecular weight excluding hydrogens is 467 g/mol. The second-order valence-corrected chi connectivity index (χ2v) is 7.16. The standard InChI is InChI=1S/C24H22N4O4.Co/c1-29-22-19-10-9-17(27-19)12-16-6-5-14(25-16)11-15-7-8-18(26-15)13-20-23(30-2)24(31-3)21(22)28(20)32-4;/h5-13,25H,1-4H3;. The van der Waals surface area contributed by atoms with Gasteiger partial charge >= 0.3 is 0 Å². The number of nitrogens with zero attached hydrogens (tertiary/aromatic N) is 3. The van der Waals surface area contributed by atoms with Crippen molar-refractivity contribution in [3.8, 4) is 17.2 Å². The number of nitrogens with one attached hydrogen (secondary N) is 1. The summed E-state index contributed by atoms with van der Waals surface area (Å²) in [5, 5.41) is 0. The van der Waals surface area contributed by atoms with Crippen molar-refractivity contribution >= 4 is 46.4 Å². The van der Waals surface area contributed by atoms with Crippen LogP contribution < -0.4 is 19.0 Å². The molecule has 3 aromatic rings. The predicted molar refractivity (Wildman–Crippen MR) is 125 cm³/mol. The van der Waals surface area contributed by atoms with Gasteiger partial charge in [0, 0.05) is 27.8 Å². The maximum Gasteiger partial charge on any atom is 0.194 e. The molecular formula is C24H22CoN4O4. The molecule has 1 radical (unpaired) electrons. The molecule has 0 fully saturated rings. The molecule has 0 saturated heterocycles. The zero-order valence-corrected chi connectivity index (χ0v) is 19.5. The topological polar surface area (TPSA) is 83.4 Å². The number of H-pyrrole nitrogens is 1. The zero-order valence-electron chi connectivity index (χ0n) is 18.5. The zero-order chi connectivity index (χ0) is 22.2. The van der Waals surface area contributed by atoms with Crippen LogP contribution in [0.15, 0.2) is 30.3 Å². The average Bonchev–Trinajstić information content (AvgIpc) is 3.57. The van der Waals surface area contributed by atoms with E-state index in [0.29, 0.717) is 34.0 Å². The molecule has 33 heavy (non-hydrogen) atoms. The third kappa shape index (κ3) is 3.85. The first-order valence-electron chi connectivity index (χ1n) is 9.98. The van der Waals surface area contributed by atoms with Crippen molar-refractivity contribution in [1.29, 1.82) is 0 Å². The molecule has 5 rings (SSSR count). The van der Waals surface area contributed by atoms with Crippen molar-refractivity contribution < 1.29 is 35.8 Å². The molecule has 1 N–H and O–H groups in total. The second kappa shape index (κ2) is 9.04. The number of aromatic nitrogens is 4. The van der Waals surface area contributed by atoms with Crippen molar-refractivity contribution in [3.05, 3.63) is 53.1 Å². The molecule has 2 aliphatic heterocycles. The first-order valence-corrected chi connectivity index (χ1v) is 9.98. The summed E-state index contributed by atoms with van der Waals surface area (Å²) < 4.78 is 18.8. The monoisotopic (exact) mass is 489 g/mol. The molecule has 9 heteroatoms. The predicted octanol–water partition coefficient (Wildman–Crippen LogP) is 4.21. The molecule has 171 valence electrons. The van der Waals surface area contributed by atoms with Gasteiger partial charge in [-0.3, -0.25) is 0 Å². The van der Waals surface area contributed by atoms with Crippen LogP contribution in [0.25, 0.3) is 46.4 Å². The summed E-state index contributed by atoms with van der Waals surface area (Å²) in [6, 6.07) is 9.85. The molecule has 8 nitrogen and oxygen atoms in total. The van der Waals surface area contributed by atoms with Gasteiger partial charge in [0.25, 0.3) is 0 Å². The van der Waals surface area contributed by atoms with E-state index in [4.69, 9.17) is 29.0 Å². The summed E-state index contributed by atoms with van der Waals surface area (Å²) >= 11 is 0. The minimum atomic E-state index is 0. The maximum absolute atomic E-state index is 5.79. The Bertz CT molecular complexity index is 1440. The number of ether oxygens (including phenoxy) is 3. The van der Waals surface area contributed by atoms with Crippen LogP contribution in [-0.4, -0.2) is 48.1 Å². The molecule has 0 saturated carbocycles. The Hall–Kier alpha value is -3.69. The van der Waals surface area contributed by atoms with Gasteiger partial charge in [0.05, 0.1) is 38.4 Å². The van der Waals surface area contributed by atoms with Gasteiger partial charge in [-0.1, -0.05) is 0 Å². The molecule has 0 aromatic carbocycles. The van der Waals surface area contributed by atoms with Gasteiger partial charge in [0.1, 0.15) is 18.3 Å². The van der Waals surface area contributed by atoms with Crippen LogP contribution in [0.3, 0.4) is 0 Å². The molecule has 8 bridgehead atoms. The van der Waals surface area contributed by atoms with Gasteiger partial charge in [0.2, 0.25) is 0 Å². The minimum absolute atomic E-state index is 0. The fourth-order valence-electron chi connectivity index (χ4n) is 3.94. The fraction of sp³-hybridized carbons (Fsp3) is 0.167. The van der Waals surface area contributed by atoms with Crippen molar-refractivity contribution in [1.82, 2.24) is 19.7 Å². The largest absolute Gasteiger partial charge is 0.492 e. The summed E-state index contributed by atoms with van der Waals surface area (Å²) in [7, 11) is 6.33. The summed E-state index contributed by atoms with van der Waals surface area (Å²) in [6.07, 6.45) is 7.71. The Balaban J connectivity index is 0.00000259. The molecule has 0 atom stereocenters. The first-order chi connectivity index (χ1) is 15.6. The SMILES string of the molecule is COc1c(OC)c2c(OC)c3nc(cc4ccc(cc5nc(cc1n2OC)C=C5)[nH]4)C=C3.[Co]. The number of hydrogen-bond donors (Lipinski definition) is 1. The molecule has 3 aromatic heterocycles. The number of hydrogen-bond acceptors (Lipinski definition) is 6. The summed E-state index contributed by atoms with van der Waals surface area (Å²) in [5.74, 6) is 1.47. The maximum atomic E-state index is 5.79. The van der Waals surface area contributed by atoms with E-state index in [2.05, 4.69) is 4.98 Å². The van der Waals surface area contributed by atoms with Gasteiger partial charge < -0.3 is 24.0 Å². The van der Waals surface area contributed by atoms with E-state index in [1.54, 1.807) is 33.2 Å². The number of aromatic amines is 1. The molecule has 2 aliphatic rings. The van der Waals surface area contributed by atoms with Crippen LogP contribution in [0.4, 0.5) is 0 Å². The van der Waals surface area contributed by atoms with Crippen LogP contribution in [0.2, 0.25) is 0 Å². The summed E-state index contributed by atoms with van der Waals surface area (Å²) in [5.41, 5.74) is 6.08. The van der Waals surface area contributed by atoms with E-state index < -0.39 is 0 Å². The van der Waals surface area contributed by atoms with E-state index in [1.807, 2.05) is 54.6 Å². The Morgan fingerprint density at radius 1 is 0.697 bits per heavy atom. The first kappa shape index (κ1) is 22.5. The number of methoxy groups -OCH3 is 3. The van der Waals surface area contributed by atoms with Gasteiger partial charge in [-0.25, -0.2) is 9.97 Å². The third-order valence-corrected chi connectivity index (χ3v) is 5.29. The summed E-state index contributed by atoms with van der Waals surface area (Å²) in [4.78, 5) is 18.6. The Morgan fingerprint density at radius 3 is 1.88 bits per heavy atom. The van der Waals surface area contributed by atoms with Crippen molar-refractivity contribution in [3.63, 3.8) is 0 Å². The van der Waals surface area contributed by atoms with Crippen molar-refractivity contribution in [2.45, 2.75) is 0 Å². The Morgan fingerprint density at radius 2 is 1.27 bits per heavy atom. The Labute approximate surface area is 200 Å². The van der Waals surface area contributed by atoms with Crippen LogP contribution >= 0.6 is 0 Å². The van der Waals surface area contributed by atoms with Crippen LogP contribution in [0.5, 0.6) is 17.2 Å². The van der Waals surface area contributed by atoms with E-state index in [9.17, 15) is 0 Å². The fourth-order valence-corrected chi connectivity index (χ4v) is 3.94. The number of fused-ring (bicyclic) bond motifs is 8. The molecule has 0 spiro atoms. The van der Waals surface area contributed by atoms with Crippen LogP contribution in [0, 0.1) is 0 Å². The molecule has 0 unspecified atom stereocenters. The second-order valence-electron chi connectivity index (χ2n) is 7.16. The van der Waals surface area contributed by atoms with Gasteiger partial charge in [0.15, 0.2) is 22.8 Å². The molecule has 5 heterocycles. The Kier molecular flexibility index (Phi) is 6.17. The number of rotatable bonds is 4. The average molecular weight is 489 g/mol. The van der Waals surface area contributed by atoms with Crippen LogP contribution in [-0.2, 0) is 16.8 Å². The van der Waals surface area contributed by atoms with E-state index >= 15 is 0 Å². The molecule has 0 aliphatic carbocycles. The minimum Gasteiger partial charge on any atom is -0.492 e. The van der Waals surface area contributed by atoms with Crippen molar-refractivity contribution in [2.24, 2.45) is 0 Å². The van der Waals surface area contributed by atoms with Gasteiger partial charge in [-0.2, -0.15) is 4.73 Å². The van der Waals surface area contributed by atoms with Gasteiger partial charge in [-0.15, -0.1) is 0 Å². The van der Waals surface area contributed by atoms with Crippen molar-refractivity contribution in [2.75, 3.05) is 28.4 Å². The smallest absolute Gasteiger partial charge is 0.194 e.